The van der Waals surface area contributed by atoms with E-state index in [1.54, 1.807) is 0 Å². The number of fused-ring (bicyclic) bond motifs is 5. The van der Waals surface area contributed by atoms with Crippen LogP contribution in [-0.2, 0) is 21.7 Å². The minimum Gasteiger partial charge on any atom is -0.0683 e. The van der Waals surface area contributed by atoms with Gasteiger partial charge >= 0.3 is 0 Å². The molecule has 0 bridgehead atoms. The monoisotopic (exact) mass is 1290 g/mol. The van der Waals surface area contributed by atoms with E-state index in [1.165, 1.54) is 139 Å². The third-order valence-electron chi connectivity index (χ3n) is 18.1. The highest BCUT2D eigenvalue weighted by Gasteiger charge is 2.30. The second-order valence-electron chi connectivity index (χ2n) is 27.7. The van der Waals surface area contributed by atoms with E-state index in [4.69, 9.17) is 0 Å². The molecule has 0 aromatic heterocycles. The molecule has 97 heavy (non-hydrogen) atoms. The van der Waals surface area contributed by atoms with Crippen LogP contribution in [0.5, 0.6) is 0 Å². The van der Waals surface area contributed by atoms with Crippen molar-refractivity contribution in [1.29, 1.82) is 0 Å². The lowest BCUT2D eigenvalue weighted by Gasteiger charge is -2.31. The fourth-order valence-corrected chi connectivity index (χ4v) is 12.8. The maximum Gasteiger partial charge on any atom is 0.0146 e. The predicted molar refractivity (Wildman–Crippen MR) is 436 cm³/mol. The van der Waals surface area contributed by atoms with E-state index in [0.717, 1.165) is 0 Å². The van der Waals surface area contributed by atoms with Gasteiger partial charge in [0.2, 0.25) is 0 Å². The van der Waals surface area contributed by atoms with Crippen LogP contribution in [0.25, 0.3) is 32.3 Å². The van der Waals surface area contributed by atoms with Crippen LogP contribution in [0.1, 0.15) is 217 Å². The van der Waals surface area contributed by atoms with Crippen LogP contribution in [0.2, 0.25) is 0 Å². The molecule has 0 aliphatic carbocycles. The molecular weight excluding hydrogens is 1170 g/mol. The highest BCUT2D eigenvalue weighted by atomic mass is 14.3. The first kappa shape index (κ1) is 80.9. The molecule has 0 nitrogen and oxygen atoms in total. The van der Waals surface area contributed by atoms with Gasteiger partial charge in [-0.05, 0) is 157 Å². The van der Waals surface area contributed by atoms with Crippen molar-refractivity contribution in [1.82, 2.24) is 0 Å². The summed E-state index contributed by atoms with van der Waals surface area (Å²) < 4.78 is 0. The van der Waals surface area contributed by atoms with Gasteiger partial charge in [-0.2, -0.15) is 0 Å². The van der Waals surface area contributed by atoms with E-state index in [-0.39, 0.29) is 21.7 Å². The van der Waals surface area contributed by atoms with Crippen molar-refractivity contribution in [3.8, 4) is 0 Å². The second kappa shape index (κ2) is 38.4. The third kappa shape index (κ3) is 22.2. The van der Waals surface area contributed by atoms with Crippen molar-refractivity contribution in [3.63, 3.8) is 0 Å². The molecule has 12 rings (SSSR count). The summed E-state index contributed by atoms with van der Waals surface area (Å²) in [6.07, 6.45) is 1.25. The number of hydrogen-bond donors (Lipinski definition) is 0. The van der Waals surface area contributed by atoms with Gasteiger partial charge in [-0.25, -0.2) is 0 Å². The molecule has 0 heterocycles. The largest absolute Gasteiger partial charge is 0.0683 e. The smallest absolute Gasteiger partial charge is 0.0146 e. The topological polar surface area (TPSA) is 0 Å². The molecule has 510 valence electrons. The molecule has 0 aliphatic rings. The lowest BCUT2D eigenvalue weighted by molar-refractivity contribution is 0.616. The number of rotatable bonds is 8. The van der Waals surface area contributed by atoms with Gasteiger partial charge in [0.25, 0.3) is 0 Å². The minimum atomic E-state index is -0.0190. The fourth-order valence-electron chi connectivity index (χ4n) is 12.8. The molecule has 0 fully saturated rings. The Kier molecular flexibility index (Phi) is 32.0. The van der Waals surface area contributed by atoms with Gasteiger partial charge in [-0.1, -0.05) is 416 Å². The Bertz CT molecular complexity index is 3770. The van der Waals surface area contributed by atoms with Crippen molar-refractivity contribution >= 4 is 32.3 Å². The number of aryl methyl sites for hydroxylation is 10. The Hall–Kier alpha value is -8.58. The first-order chi connectivity index (χ1) is 46.2. The quantitative estimate of drug-likeness (QED) is 0.133. The first-order valence-corrected chi connectivity index (χ1v) is 36.0. The van der Waals surface area contributed by atoms with Crippen molar-refractivity contribution in [2.75, 3.05) is 0 Å². The minimum absolute atomic E-state index is 0.0190. The Morgan fingerprint density at radius 1 is 0.186 bits per heavy atom. The van der Waals surface area contributed by atoms with Gasteiger partial charge in [-0.15, -0.1) is 0 Å². The molecule has 0 heteroatoms. The van der Waals surface area contributed by atoms with Gasteiger partial charge in [0.05, 0.1) is 0 Å². The summed E-state index contributed by atoms with van der Waals surface area (Å²) in [5, 5.41) is 8.15. The Balaban J connectivity index is 0.000000261. The molecule has 0 amide bonds. The summed E-state index contributed by atoms with van der Waals surface area (Å²) in [5.41, 5.74) is 24.3. The molecule has 0 aliphatic heterocycles. The van der Waals surface area contributed by atoms with E-state index in [9.17, 15) is 0 Å². The Labute approximate surface area is 591 Å². The van der Waals surface area contributed by atoms with E-state index < -0.39 is 0 Å². The van der Waals surface area contributed by atoms with Crippen LogP contribution >= 0.6 is 0 Å². The molecular formula is C97H122. The second-order valence-corrected chi connectivity index (χ2v) is 27.7. The van der Waals surface area contributed by atoms with Crippen LogP contribution in [0.4, 0.5) is 0 Å². The van der Waals surface area contributed by atoms with Crippen LogP contribution in [0.3, 0.4) is 0 Å². The standard InChI is InChI=1S/2C25H28.C20H16.2C9H12.C3H8.3C2H6/c2*1-19-16-22(24(2,3)20-12-8-6-9-13-20)18-23(17-19)25(4,5)21-14-10-7-11-15-21;1-13-11-19-18-10-6-4-8-16(18)14(2)12-20(19)17-9-5-3-7-15(13)17;2*1-7-4-8(2)6-9(3)5-7;1-3-2;3*1-2/h2*6-18H,1-5H3;3-12H,1-2H3;2*4-6H,1-3H3;3H2,1-2H3;3*1-2H3. The van der Waals surface area contributed by atoms with Crippen molar-refractivity contribution < 1.29 is 0 Å². The number of benzene rings is 12. The maximum absolute atomic E-state index is 2.40. The van der Waals surface area contributed by atoms with Gasteiger partial charge < -0.3 is 0 Å². The zero-order valence-electron chi connectivity index (χ0n) is 65.0. The highest BCUT2D eigenvalue weighted by molar-refractivity contribution is 6.18. The predicted octanol–water partition coefficient (Wildman–Crippen LogP) is 28.8. The van der Waals surface area contributed by atoms with Crippen molar-refractivity contribution in [2.45, 2.75) is 208 Å². The average molecular weight is 1290 g/mol. The van der Waals surface area contributed by atoms with Gasteiger partial charge in [0.1, 0.15) is 0 Å². The summed E-state index contributed by atoms with van der Waals surface area (Å²) in [6.45, 7) is 56.3. The zero-order valence-corrected chi connectivity index (χ0v) is 65.0. The number of hydrogen-bond acceptors (Lipinski definition) is 0. The Morgan fingerprint density at radius 3 is 0.546 bits per heavy atom. The molecule has 0 unspecified atom stereocenters. The fraction of sp³-hybridized carbons (Fsp3) is 0.320. The average Bonchev–Trinajstić information content (AvgIpc) is 0.761. The van der Waals surface area contributed by atoms with Crippen LogP contribution in [0, 0.1) is 69.2 Å². The van der Waals surface area contributed by atoms with Gasteiger partial charge in [0, 0.05) is 21.7 Å². The van der Waals surface area contributed by atoms with Crippen LogP contribution in [-0.4, -0.2) is 0 Å². The van der Waals surface area contributed by atoms with E-state index in [1.807, 2.05) is 41.5 Å². The molecule has 0 N–H and O–H groups in total. The SMILES string of the molecule is CC.CC.CC.CCC.Cc1cc(C(C)(C)c2ccccc2)cc(C(C)(C)c2ccccc2)c1.Cc1cc(C(C)(C)c2ccccc2)cc(C(C)(C)c2ccccc2)c1.Cc1cc(C)cc(C)c1.Cc1cc(C)cc(C)c1.Cc1cc2c3ccccc3c(C)cc2c2ccccc12. The Morgan fingerprint density at radius 2 is 0.351 bits per heavy atom. The molecule has 0 atom stereocenters. The van der Waals surface area contributed by atoms with E-state index >= 15 is 0 Å². The van der Waals surface area contributed by atoms with E-state index in [2.05, 4.69) is 393 Å². The highest BCUT2D eigenvalue weighted by Crippen LogP contribution is 2.40. The molecule has 0 saturated carbocycles. The van der Waals surface area contributed by atoms with E-state index in [0.29, 0.717) is 0 Å². The van der Waals surface area contributed by atoms with Crippen molar-refractivity contribution in [2.24, 2.45) is 0 Å². The van der Waals surface area contributed by atoms with Gasteiger partial charge in [0.15, 0.2) is 0 Å². The lowest BCUT2D eigenvalue weighted by Crippen LogP contribution is -2.23. The first-order valence-electron chi connectivity index (χ1n) is 36.0. The van der Waals surface area contributed by atoms with Gasteiger partial charge in [-0.3, -0.25) is 0 Å². The summed E-state index contributed by atoms with van der Waals surface area (Å²) in [6, 6.07) is 92.5. The molecule has 12 aromatic carbocycles. The summed E-state index contributed by atoms with van der Waals surface area (Å²) >= 11 is 0. The molecule has 0 radical (unpaired) electrons. The normalized spacial score (nSPS) is 10.8. The molecule has 12 aromatic rings. The molecule has 0 saturated heterocycles. The van der Waals surface area contributed by atoms with Crippen LogP contribution < -0.4 is 0 Å². The van der Waals surface area contributed by atoms with Crippen LogP contribution in [0.15, 0.2) is 255 Å². The molecule has 0 spiro atoms. The summed E-state index contributed by atoms with van der Waals surface area (Å²) in [4.78, 5) is 0. The third-order valence-corrected chi connectivity index (χ3v) is 18.1. The summed E-state index contributed by atoms with van der Waals surface area (Å²) in [5.74, 6) is 0. The lowest BCUT2D eigenvalue weighted by atomic mass is 9.73. The maximum atomic E-state index is 2.40. The summed E-state index contributed by atoms with van der Waals surface area (Å²) in [7, 11) is 0. The van der Waals surface area contributed by atoms with Crippen molar-refractivity contribution in [3.05, 3.63) is 355 Å². The zero-order chi connectivity index (χ0) is 72.3.